The van der Waals surface area contributed by atoms with Gasteiger partial charge in [0.05, 0.1) is 0 Å². The summed E-state index contributed by atoms with van der Waals surface area (Å²) in [5.41, 5.74) is 5.49. The lowest BCUT2D eigenvalue weighted by Gasteiger charge is -2.44. The first-order chi connectivity index (χ1) is 9.77. The van der Waals surface area contributed by atoms with Crippen LogP contribution in [-0.2, 0) is 9.57 Å². The van der Waals surface area contributed by atoms with Crippen LogP contribution in [0.2, 0.25) is 0 Å². The lowest BCUT2D eigenvalue weighted by atomic mass is 9.82. The van der Waals surface area contributed by atoms with Crippen LogP contribution in [-0.4, -0.2) is 29.4 Å². The van der Waals surface area contributed by atoms with Gasteiger partial charge in [-0.3, -0.25) is 0 Å². The summed E-state index contributed by atoms with van der Waals surface area (Å²) < 4.78 is 6.18. The van der Waals surface area contributed by atoms with E-state index in [4.69, 9.17) is 15.3 Å². The second-order valence-electron chi connectivity index (χ2n) is 6.95. The van der Waals surface area contributed by atoms with Crippen LogP contribution in [0.1, 0.15) is 39.5 Å². The Bertz CT molecular complexity index is 528. The monoisotopic (exact) mass is 291 g/mol. The third kappa shape index (κ3) is 2.14. The minimum atomic E-state index is -0.833. The van der Waals surface area contributed by atoms with E-state index in [9.17, 15) is 0 Å². The second kappa shape index (κ2) is 4.50. The molecule has 3 unspecified atom stereocenters. The van der Waals surface area contributed by atoms with E-state index < -0.39 is 5.72 Å². The highest BCUT2D eigenvalue weighted by Crippen LogP contribution is 2.53. The van der Waals surface area contributed by atoms with Crippen molar-refractivity contribution < 1.29 is 9.57 Å². The lowest BCUT2D eigenvalue weighted by molar-refractivity contribution is -0.191. The van der Waals surface area contributed by atoms with Crippen molar-refractivity contribution in [1.82, 2.24) is 5.06 Å². The summed E-state index contributed by atoms with van der Waals surface area (Å²) in [6.45, 7) is 12.6. The largest absolute Gasteiger partial charge is 0.487 e. The molecule has 2 aliphatic heterocycles. The van der Waals surface area contributed by atoms with Gasteiger partial charge in [0.2, 0.25) is 11.7 Å². The van der Waals surface area contributed by atoms with E-state index in [1.165, 1.54) is 11.5 Å². The summed E-state index contributed by atoms with van der Waals surface area (Å²) in [7, 11) is 1.76. The highest BCUT2D eigenvalue weighted by Gasteiger charge is 2.57. The van der Waals surface area contributed by atoms with E-state index in [1.54, 1.807) is 7.05 Å². The third-order valence-corrected chi connectivity index (χ3v) is 5.16. The van der Waals surface area contributed by atoms with Gasteiger partial charge in [0.25, 0.3) is 0 Å². The van der Waals surface area contributed by atoms with Crippen LogP contribution in [0.4, 0.5) is 0 Å². The summed E-state index contributed by atoms with van der Waals surface area (Å²) in [6.07, 6.45) is 3.85. The molecule has 0 radical (unpaired) electrons. The fourth-order valence-electron chi connectivity index (χ4n) is 3.82. The minimum absolute atomic E-state index is 0.248. The summed E-state index contributed by atoms with van der Waals surface area (Å²) in [6, 6.07) is 0. The smallest absolute Gasteiger partial charge is 0.221 e. The van der Waals surface area contributed by atoms with Crippen molar-refractivity contribution in [2.24, 2.45) is 22.6 Å². The number of rotatable bonds is 1. The molecule has 3 rings (SSSR count). The molecule has 0 aromatic heterocycles. The topological polar surface area (TPSA) is 60.1 Å². The van der Waals surface area contributed by atoms with Crippen molar-refractivity contribution >= 4 is 5.96 Å². The van der Waals surface area contributed by atoms with E-state index >= 15 is 0 Å². The van der Waals surface area contributed by atoms with Crippen LogP contribution in [0.5, 0.6) is 0 Å². The van der Waals surface area contributed by atoms with Gasteiger partial charge >= 0.3 is 0 Å². The van der Waals surface area contributed by atoms with Gasteiger partial charge in [-0.25, -0.2) is 14.9 Å². The molecule has 1 aliphatic carbocycles. The van der Waals surface area contributed by atoms with Gasteiger partial charge < -0.3 is 10.5 Å². The maximum absolute atomic E-state index is 6.18. The molecule has 0 aromatic carbocycles. The molecule has 1 saturated heterocycles. The van der Waals surface area contributed by atoms with Gasteiger partial charge in [0.15, 0.2) is 0 Å². The fourth-order valence-corrected chi connectivity index (χ4v) is 3.82. The van der Waals surface area contributed by atoms with E-state index in [2.05, 4.69) is 32.0 Å². The molecule has 21 heavy (non-hydrogen) atoms. The van der Waals surface area contributed by atoms with Crippen molar-refractivity contribution in [3.8, 4) is 0 Å². The first-order valence-corrected chi connectivity index (χ1v) is 7.63. The Labute approximate surface area is 126 Å². The van der Waals surface area contributed by atoms with Gasteiger partial charge in [-0.05, 0) is 31.1 Å². The number of hydrogen-bond donors (Lipinski definition) is 1. The zero-order valence-electron chi connectivity index (χ0n) is 13.2. The average Bonchev–Trinajstić information content (AvgIpc) is 2.91. The van der Waals surface area contributed by atoms with E-state index in [0.717, 1.165) is 12.8 Å². The molecule has 5 nitrogen and oxygen atoms in total. The van der Waals surface area contributed by atoms with Crippen molar-refractivity contribution in [3.05, 3.63) is 24.5 Å². The van der Waals surface area contributed by atoms with Gasteiger partial charge in [-0.15, -0.1) is 0 Å². The third-order valence-electron chi connectivity index (χ3n) is 5.16. The molecule has 0 aromatic rings. The molecule has 2 heterocycles. The number of hydrogen-bond acceptors (Lipinski definition) is 5. The molecule has 2 N–H and O–H groups in total. The van der Waals surface area contributed by atoms with Gasteiger partial charge in [0, 0.05) is 19.0 Å². The predicted molar refractivity (Wildman–Crippen MR) is 82.1 cm³/mol. The van der Waals surface area contributed by atoms with Gasteiger partial charge in [0.1, 0.15) is 11.4 Å². The summed E-state index contributed by atoms with van der Waals surface area (Å²) in [4.78, 5) is 10.5. The number of aliphatic imine (C=N–C) groups is 1. The highest BCUT2D eigenvalue weighted by molar-refractivity contribution is 5.79. The Morgan fingerprint density at radius 3 is 2.67 bits per heavy atom. The van der Waals surface area contributed by atoms with Crippen LogP contribution in [0.3, 0.4) is 0 Å². The Hall–Kier alpha value is -1.49. The molecule has 116 valence electrons. The van der Waals surface area contributed by atoms with E-state index in [0.29, 0.717) is 35.5 Å². The summed E-state index contributed by atoms with van der Waals surface area (Å²) >= 11 is 0. The number of nitrogens with two attached hydrogens (primary N) is 1. The fraction of sp³-hybridized carbons (Fsp3) is 0.688. The molecule has 0 amide bonds. The lowest BCUT2D eigenvalue weighted by Crippen LogP contribution is -2.48. The maximum atomic E-state index is 6.18. The van der Waals surface area contributed by atoms with E-state index in [1.807, 2.05) is 0 Å². The molecule has 1 saturated carbocycles. The number of guanidine groups is 1. The standard InChI is InChI=1S/C16H25N3O2/c1-10(2)13-6-7-15(8-13)9-16(11(3)12(4)20-15)18-14(17)19(5)21-16/h10,13H,3-4,6-9H2,1-2,5H3,(H2,17,18). The molecule has 2 spiro atoms. The van der Waals surface area contributed by atoms with Crippen molar-refractivity contribution in [1.29, 1.82) is 0 Å². The molecule has 5 heteroatoms. The average molecular weight is 291 g/mol. The molecule has 2 fully saturated rings. The zero-order chi connectivity index (χ0) is 15.4. The van der Waals surface area contributed by atoms with Crippen LogP contribution in [0, 0.1) is 11.8 Å². The van der Waals surface area contributed by atoms with Crippen molar-refractivity contribution in [3.63, 3.8) is 0 Å². The Kier molecular flexibility index (Phi) is 3.10. The molecular formula is C16H25N3O2. The highest BCUT2D eigenvalue weighted by atomic mass is 16.7. The van der Waals surface area contributed by atoms with Gasteiger partial charge in [-0.1, -0.05) is 27.0 Å². The van der Waals surface area contributed by atoms with Crippen molar-refractivity contribution in [2.45, 2.75) is 50.9 Å². The SMILES string of the molecule is C=C1OC2(CCC(C(C)C)C2)CC2(N=C(N)N(C)O2)C1=C. The molecule has 3 aliphatic rings. The molecule has 3 atom stereocenters. The normalized spacial score (nSPS) is 39.5. The van der Waals surface area contributed by atoms with Crippen LogP contribution in [0.25, 0.3) is 0 Å². The number of hydroxylamine groups is 2. The second-order valence-corrected chi connectivity index (χ2v) is 6.95. The first-order valence-electron chi connectivity index (χ1n) is 7.63. The van der Waals surface area contributed by atoms with Crippen LogP contribution < -0.4 is 5.73 Å². The van der Waals surface area contributed by atoms with Crippen molar-refractivity contribution in [2.75, 3.05) is 7.05 Å². The Morgan fingerprint density at radius 1 is 1.43 bits per heavy atom. The van der Waals surface area contributed by atoms with Crippen LogP contribution in [0.15, 0.2) is 29.5 Å². The Balaban J connectivity index is 1.91. The van der Waals surface area contributed by atoms with E-state index in [-0.39, 0.29) is 5.60 Å². The minimum Gasteiger partial charge on any atom is -0.487 e. The predicted octanol–water partition coefficient (Wildman–Crippen LogP) is 2.56. The molecule has 0 bridgehead atoms. The maximum Gasteiger partial charge on any atom is 0.221 e. The summed E-state index contributed by atoms with van der Waals surface area (Å²) in [5.74, 6) is 2.28. The molecular weight excluding hydrogens is 266 g/mol. The number of nitrogens with zero attached hydrogens (tertiary/aromatic N) is 2. The zero-order valence-corrected chi connectivity index (χ0v) is 13.2. The summed E-state index contributed by atoms with van der Waals surface area (Å²) in [5, 5.41) is 1.51. The first kappa shape index (κ1) is 14.4. The quantitative estimate of drug-likeness (QED) is 0.806. The number of ether oxygens (including phenoxy) is 1. The van der Waals surface area contributed by atoms with Gasteiger partial charge in [-0.2, -0.15) is 0 Å². The van der Waals surface area contributed by atoms with Crippen LogP contribution >= 0.6 is 0 Å². The Morgan fingerprint density at radius 2 is 2.14 bits per heavy atom.